The van der Waals surface area contributed by atoms with Gasteiger partial charge in [0.15, 0.2) is 19.7 Å². The maximum absolute atomic E-state index is 12.7. The molecule has 0 aliphatic carbocycles. The number of ether oxygens (including phenoxy) is 1. The van der Waals surface area contributed by atoms with Crippen molar-refractivity contribution < 1.29 is 26.4 Å². The number of hydrogen-bond donors (Lipinski definition) is 0. The number of carbonyl (C=O) groups excluding carboxylic acids is 1. The zero-order valence-electron chi connectivity index (χ0n) is 24.5. The van der Waals surface area contributed by atoms with E-state index < -0.39 is 30.4 Å². The van der Waals surface area contributed by atoms with Crippen LogP contribution in [0.25, 0.3) is 44.3 Å². The number of aromatic nitrogens is 1. The molecule has 0 fully saturated rings. The molecular formula is C34H31NO6S2. The third-order valence-electron chi connectivity index (χ3n) is 7.85. The predicted octanol–water partition coefficient (Wildman–Crippen LogP) is 6.71. The Hall–Kier alpha value is -4.34. The van der Waals surface area contributed by atoms with Gasteiger partial charge >= 0.3 is 5.97 Å². The topological polar surface area (TPSA) is 107 Å². The Balaban J connectivity index is 1.72. The van der Waals surface area contributed by atoms with Gasteiger partial charge in [0.05, 0.1) is 27.8 Å². The molecule has 1 aromatic heterocycles. The summed E-state index contributed by atoms with van der Waals surface area (Å²) in [6, 6.07) is 27.1. The van der Waals surface area contributed by atoms with Gasteiger partial charge in [0.25, 0.3) is 0 Å². The molecule has 43 heavy (non-hydrogen) atoms. The van der Waals surface area contributed by atoms with Crippen LogP contribution in [0.5, 0.6) is 0 Å². The molecule has 0 saturated carbocycles. The third kappa shape index (κ3) is 5.83. The van der Waals surface area contributed by atoms with Gasteiger partial charge in [-0.1, -0.05) is 42.5 Å². The van der Waals surface area contributed by atoms with Crippen molar-refractivity contribution >= 4 is 36.5 Å². The molecule has 0 atom stereocenters. The number of esters is 1. The molecule has 9 heteroatoms. The average molecular weight is 614 g/mol. The summed E-state index contributed by atoms with van der Waals surface area (Å²) in [5, 5.41) is 0.825. The van der Waals surface area contributed by atoms with Gasteiger partial charge in [-0.05, 0) is 95.8 Å². The number of sulfone groups is 2. The van der Waals surface area contributed by atoms with Crippen molar-refractivity contribution in [3.63, 3.8) is 0 Å². The van der Waals surface area contributed by atoms with Crippen molar-refractivity contribution in [2.45, 2.75) is 23.5 Å². The standard InChI is InChI=1S/C34H31NO6S2/c1-34(2,43(5,39)40)27-19-25-10-7-17-35-32(25)31(21-27)24-9-6-8-23(18-24)29-16-13-26(33(36)41-3)20-30(29)22-11-14-28(15-12-22)42(4,37)38/h6-21H,1-5H3. The van der Waals surface area contributed by atoms with Crippen LogP contribution in [0.2, 0.25) is 0 Å². The van der Waals surface area contributed by atoms with E-state index in [1.54, 1.807) is 56.4 Å². The maximum atomic E-state index is 12.7. The summed E-state index contributed by atoms with van der Waals surface area (Å²) >= 11 is 0. The fraction of sp³-hybridized carbons (Fsp3) is 0.176. The maximum Gasteiger partial charge on any atom is 0.337 e. The first kappa shape index (κ1) is 30.1. The van der Waals surface area contributed by atoms with E-state index >= 15 is 0 Å². The number of fused-ring (bicyclic) bond motifs is 1. The van der Waals surface area contributed by atoms with Crippen molar-refractivity contribution in [2.24, 2.45) is 0 Å². The lowest BCUT2D eigenvalue weighted by atomic mass is 9.89. The van der Waals surface area contributed by atoms with Crippen LogP contribution in [0.15, 0.2) is 102 Å². The van der Waals surface area contributed by atoms with Gasteiger partial charge in [0, 0.05) is 29.7 Å². The number of carbonyl (C=O) groups is 1. The minimum Gasteiger partial charge on any atom is -0.465 e. The second-order valence-corrected chi connectivity index (χ2v) is 15.6. The second-order valence-electron chi connectivity index (χ2n) is 11.0. The molecule has 7 nitrogen and oxygen atoms in total. The van der Waals surface area contributed by atoms with Gasteiger partial charge in [-0.2, -0.15) is 0 Å². The summed E-state index contributed by atoms with van der Waals surface area (Å²) in [6.07, 6.45) is 4.10. The van der Waals surface area contributed by atoms with Crippen LogP contribution < -0.4 is 0 Å². The van der Waals surface area contributed by atoms with E-state index in [1.807, 2.05) is 54.6 Å². The molecule has 0 amide bonds. The summed E-state index contributed by atoms with van der Waals surface area (Å²) in [7, 11) is -5.50. The van der Waals surface area contributed by atoms with Gasteiger partial charge in [-0.25, -0.2) is 21.6 Å². The Morgan fingerprint density at radius 1 is 0.721 bits per heavy atom. The highest BCUT2D eigenvalue weighted by Gasteiger charge is 2.33. The van der Waals surface area contributed by atoms with Crippen LogP contribution in [-0.2, 0) is 29.2 Å². The van der Waals surface area contributed by atoms with Crippen molar-refractivity contribution in [3.05, 3.63) is 108 Å². The van der Waals surface area contributed by atoms with Crippen LogP contribution in [0, 0.1) is 0 Å². The van der Waals surface area contributed by atoms with E-state index in [0.717, 1.165) is 50.5 Å². The molecule has 0 aliphatic rings. The van der Waals surface area contributed by atoms with Crippen molar-refractivity contribution in [2.75, 3.05) is 19.6 Å². The molecular weight excluding hydrogens is 583 g/mol. The molecule has 5 aromatic rings. The second kappa shape index (κ2) is 11.1. The smallest absolute Gasteiger partial charge is 0.337 e. The summed E-state index contributed by atoms with van der Waals surface area (Å²) < 4.78 is 53.4. The van der Waals surface area contributed by atoms with Crippen LogP contribution in [-0.4, -0.2) is 47.4 Å². The quantitative estimate of drug-likeness (QED) is 0.188. The minimum absolute atomic E-state index is 0.195. The Morgan fingerprint density at radius 3 is 2.02 bits per heavy atom. The van der Waals surface area contributed by atoms with Gasteiger partial charge in [0.1, 0.15) is 0 Å². The third-order valence-corrected chi connectivity index (χ3v) is 11.1. The van der Waals surface area contributed by atoms with Crippen LogP contribution >= 0.6 is 0 Å². The summed E-state index contributed by atoms with van der Waals surface area (Å²) in [5.41, 5.74) is 6.47. The number of benzene rings is 4. The normalized spacial score (nSPS) is 12.3. The van der Waals surface area contributed by atoms with Crippen molar-refractivity contribution in [1.29, 1.82) is 0 Å². The zero-order valence-corrected chi connectivity index (χ0v) is 26.1. The molecule has 0 unspecified atom stereocenters. The molecule has 0 radical (unpaired) electrons. The summed E-state index contributed by atoms with van der Waals surface area (Å²) in [4.78, 5) is 17.2. The van der Waals surface area contributed by atoms with Gasteiger partial charge < -0.3 is 4.74 Å². The fourth-order valence-corrected chi connectivity index (χ4v) is 6.17. The van der Waals surface area contributed by atoms with Crippen LogP contribution in [0.1, 0.15) is 29.8 Å². The van der Waals surface area contributed by atoms with Gasteiger partial charge in [-0.3, -0.25) is 4.98 Å². The minimum atomic E-state index is -3.43. The van der Waals surface area contributed by atoms with E-state index in [-0.39, 0.29) is 4.90 Å². The number of pyridine rings is 1. The first-order valence-corrected chi connectivity index (χ1v) is 17.2. The Bertz CT molecular complexity index is 2100. The Kier molecular flexibility index (Phi) is 7.75. The highest BCUT2D eigenvalue weighted by molar-refractivity contribution is 7.91. The van der Waals surface area contributed by atoms with E-state index in [2.05, 4.69) is 4.98 Å². The number of methoxy groups -OCH3 is 1. The summed E-state index contributed by atoms with van der Waals surface area (Å²) in [5.74, 6) is -0.489. The molecule has 5 rings (SSSR count). The van der Waals surface area contributed by atoms with E-state index in [1.165, 1.54) is 13.4 Å². The molecule has 0 spiro atoms. The Morgan fingerprint density at radius 2 is 1.40 bits per heavy atom. The predicted molar refractivity (Wildman–Crippen MR) is 170 cm³/mol. The molecule has 0 aliphatic heterocycles. The highest BCUT2D eigenvalue weighted by atomic mass is 32.2. The molecule has 1 heterocycles. The molecule has 0 saturated heterocycles. The van der Waals surface area contributed by atoms with Gasteiger partial charge in [0.2, 0.25) is 0 Å². The van der Waals surface area contributed by atoms with Crippen LogP contribution in [0.4, 0.5) is 0 Å². The number of hydrogen-bond acceptors (Lipinski definition) is 7. The van der Waals surface area contributed by atoms with Crippen molar-refractivity contribution in [3.8, 4) is 33.4 Å². The lowest BCUT2D eigenvalue weighted by Gasteiger charge is -2.24. The summed E-state index contributed by atoms with van der Waals surface area (Å²) in [6.45, 7) is 3.40. The first-order valence-electron chi connectivity index (χ1n) is 13.4. The average Bonchev–Trinajstić information content (AvgIpc) is 2.99. The van der Waals surface area contributed by atoms with Crippen molar-refractivity contribution in [1.82, 2.24) is 4.98 Å². The lowest BCUT2D eigenvalue weighted by Crippen LogP contribution is -2.28. The highest BCUT2D eigenvalue weighted by Crippen LogP contribution is 2.39. The molecule has 220 valence electrons. The largest absolute Gasteiger partial charge is 0.465 e. The number of rotatable bonds is 7. The zero-order chi connectivity index (χ0) is 31.2. The Labute approximate surface area is 252 Å². The number of nitrogens with zero attached hydrogens (tertiary/aromatic N) is 1. The molecule has 0 bridgehead atoms. The van der Waals surface area contributed by atoms with E-state index in [9.17, 15) is 21.6 Å². The van der Waals surface area contributed by atoms with Gasteiger partial charge in [-0.15, -0.1) is 0 Å². The molecule has 4 aromatic carbocycles. The first-order chi connectivity index (χ1) is 20.2. The fourth-order valence-electron chi connectivity index (χ4n) is 4.99. The SMILES string of the molecule is COC(=O)c1ccc(-c2cccc(-c3cc(C(C)(C)S(C)(=O)=O)cc4cccnc34)c2)c(-c2ccc(S(C)(=O)=O)cc2)c1. The monoisotopic (exact) mass is 613 g/mol. The van der Waals surface area contributed by atoms with Crippen LogP contribution in [0.3, 0.4) is 0 Å². The molecule has 0 N–H and O–H groups in total. The van der Waals surface area contributed by atoms with E-state index in [0.29, 0.717) is 11.1 Å². The lowest BCUT2D eigenvalue weighted by molar-refractivity contribution is 0.0600. The van der Waals surface area contributed by atoms with E-state index in [4.69, 9.17) is 4.74 Å².